The molecule has 0 unspecified atom stereocenters. The average molecular weight is 303 g/mol. The molecule has 1 rings (SSSR count). The molecule has 5 N–H and O–H groups in total. The van der Waals surface area contributed by atoms with Crippen molar-refractivity contribution in [3.63, 3.8) is 0 Å². The minimum absolute atomic E-state index is 0.107. The highest BCUT2D eigenvalue weighted by molar-refractivity contribution is 5.82. The number of nitrogens with zero attached hydrogens (tertiary/aromatic N) is 1. The highest BCUT2D eigenvalue weighted by Gasteiger charge is 2.18. The molecule has 0 saturated carbocycles. The summed E-state index contributed by atoms with van der Waals surface area (Å²) in [5.74, 6) is -2.80. The Morgan fingerprint density at radius 3 is 2.00 bits per heavy atom. The van der Waals surface area contributed by atoms with Crippen LogP contribution >= 0.6 is 0 Å². The normalized spacial score (nSPS) is 14.6. The summed E-state index contributed by atoms with van der Waals surface area (Å²) in [4.78, 5) is 43.0. The first-order chi connectivity index (χ1) is 9.73. The first-order valence-corrected chi connectivity index (χ1v) is 6.50. The number of carboxylic acid groups (broad SMARTS) is 2. The molecule has 1 saturated heterocycles. The fourth-order valence-corrected chi connectivity index (χ4v) is 1.71. The van der Waals surface area contributed by atoms with Gasteiger partial charge in [0.1, 0.15) is 6.04 Å². The molecule has 3 amide bonds. The zero-order valence-electron chi connectivity index (χ0n) is 11.9. The minimum Gasteiger partial charge on any atom is -0.481 e. The summed E-state index contributed by atoms with van der Waals surface area (Å²) in [6.07, 6.45) is 1.84. The summed E-state index contributed by atoms with van der Waals surface area (Å²) in [6, 6.07) is -1.39. The quantitative estimate of drug-likeness (QED) is 0.542. The van der Waals surface area contributed by atoms with Crippen molar-refractivity contribution in [1.29, 1.82) is 0 Å². The second-order valence-electron chi connectivity index (χ2n) is 4.56. The molecule has 1 atom stereocenters. The van der Waals surface area contributed by atoms with Gasteiger partial charge in [0.15, 0.2) is 0 Å². The fraction of sp³-hybridized carbons (Fsp3) is 0.667. The average Bonchev–Trinajstić information content (AvgIpc) is 2.88. The molecule has 1 heterocycles. The van der Waals surface area contributed by atoms with Crippen LogP contribution in [0.4, 0.5) is 4.79 Å². The maximum absolute atomic E-state index is 10.5. The van der Waals surface area contributed by atoms with E-state index in [1.165, 1.54) is 6.92 Å². The van der Waals surface area contributed by atoms with Crippen molar-refractivity contribution in [1.82, 2.24) is 10.2 Å². The van der Waals surface area contributed by atoms with Crippen molar-refractivity contribution in [2.24, 2.45) is 5.73 Å². The molecule has 1 aliphatic heterocycles. The lowest BCUT2D eigenvalue weighted by atomic mass is 10.1. The molecule has 0 radical (unpaired) electrons. The number of carbonyl (C=O) groups excluding carboxylic acids is 2. The Balaban J connectivity index is 0.000000423. The molecule has 1 aliphatic rings. The molecule has 0 spiro atoms. The third-order valence-corrected chi connectivity index (χ3v) is 2.74. The van der Waals surface area contributed by atoms with Crippen molar-refractivity contribution in [3.05, 3.63) is 0 Å². The summed E-state index contributed by atoms with van der Waals surface area (Å²) < 4.78 is 0. The Morgan fingerprint density at radius 1 is 1.19 bits per heavy atom. The highest BCUT2D eigenvalue weighted by Crippen LogP contribution is 2.05. The van der Waals surface area contributed by atoms with Gasteiger partial charge in [-0.15, -0.1) is 0 Å². The number of hydrogen-bond acceptors (Lipinski definition) is 4. The Hall–Kier alpha value is -2.32. The van der Waals surface area contributed by atoms with Crippen LogP contribution < -0.4 is 11.1 Å². The predicted molar refractivity (Wildman–Crippen MR) is 72.5 cm³/mol. The predicted octanol–water partition coefficient (Wildman–Crippen LogP) is -0.399. The van der Waals surface area contributed by atoms with E-state index in [1.807, 2.05) is 0 Å². The molecule has 9 heteroatoms. The lowest BCUT2D eigenvalue weighted by Crippen LogP contribution is -2.39. The van der Waals surface area contributed by atoms with Gasteiger partial charge in [0.25, 0.3) is 0 Å². The van der Waals surface area contributed by atoms with Crippen molar-refractivity contribution in [3.8, 4) is 0 Å². The summed E-state index contributed by atoms with van der Waals surface area (Å²) in [6.45, 7) is 2.89. The minimum atomic E-state index is -1.23. The topological polar surface area (TPSA) is 150 Å². The van der Waals surface area contributed by atoms with Gasteiger partial charge in [-0.05, 0) is 19.3 Å². The van der Waals surface area contributed by atoms with Gasteiger partial charge in [-0.25, -0.2) is 9.59 Å². The molecule has 0 bridgehead atoms. The van der Waals surface area contributed by atoms with Gasteiger partial charge < -0.3 is 26.2 Å². The maximum atomic E-state index is 10.5. The lowest BCUT2D eigenvalue weighted by molar-refractivity contribution is -0.142. The SMILES string of the molecule is CC(=O)N[C@H](CCC(=O)O)C(=O)O.NC(=O)N1CCCC1. The standard InChI is InChI=1S/C7H11NO5.C5H10N2O/c1-4(9)8-5(7(12)13)2-3-6(10)11;6-5(8)7-3-1-2-4-7/h5H,2-3H2,1H3,(H,8,9)(H,10,11)(H,12,13);1-4H2,(H2,6,8)/t5-;/m1./s1. The number of primary amides is 1. The number of carbonyl (C=O) groups is 4. The van der Waals surface area contributed by atoms with Gasteiger partial charge in [-0.1, -0.05) is 0 Å². The van der Waals surface area contributed by atoms with E-state index < -0.39 is 23.9 Å². The smallest absolute Gasteiger partial charge is 0.326 e. The molecular weight excluding hydrogens is 282 g/mol. The summed E-state index contributed by atoms with van der Waals surface area (Å²) >= 11 is 0. The summed E-state index contributed by atoms with van der Waals surface area (Å²) in [7, 11) is 0. The first kappa shape index (κ1) is 18.7. The highest BCUT2D eigenvalue weighted by atomic mass is 16.4. The van der Waals surface area contributed by atoms with E-state index in [0.29, 0.717) is 0 Å². The van der Waals surface area contributed by atoms with Gasteiger partial charge >= 0.3 is 18.0 Å². The lowest BCUT2D eigenvalue weighted by Gasteiger charge is -2.10. The molecule has 21 heavy (non-hydrogen) atoms. The van der Waals surface area contributed by atoms with Crippen LogP contribution in [0.5, 0.6) is 0 Å². The van der Waals surface area contributed by atoms with Crippen LogP contribution in [0, 0.1) is 0 Å². The van der Waals surface area contributed by atoms with E-state index >= 15 is 0 Å². The first-order valence-electron chi connectivity index (χ1n) is 6.50. The van der Waals surface area contributed by atoms with Crippen LogP contribution in [-0.2, 0) is 14.4 Å². The second-order valence-corrected chi connectivity index (χ2v) is 4.56. The summed E-state index contributed by atoms with van der Waals surface area (Å²) in [5.41, 5.74) is 4.98. The van der Waals surface area contributed by atoms with Crippen LogP contribution in [0.25, 0.3) is 0 Å². The maximum Gasteiger partial charge on any atom is 0.326 e. The monoisotopic (exact) mass is 303 g/mol. The Bertz CT molecular complexity index is 392. The van der Waals surface area contributed by atoms with Gasteiger partial charge in [0.05, 0.1) is 0 Å². The van der Waals surface area contributed by atoms with Crippen molar-refractivity contribution < 1.29 is 29.4 Å². The number of urea groups is 1. The number of rotatable bonds is 5. The number of nitrogens with one attached hydrogen (secondary N) is 1. The third kappa shape index (κ3) is 9.25. The third-order valence-electron chi connectivity index (χ3n) is 2.74. The van der Waals surface area contributed by atoms with E-state index in [2.05, 4.69) is 5.32 Å². The molecule has 0 aliphatic carbocycles. The Kier molecular flexibility index (Phi) is 8.51. The molecule has 0 aromatic carbocycles. The van der Waals surface area contributed by atoms with E-state index in [-0.39, 0.29) is 18.9 Å². The molecule has 120 valence electrons. The molecule has 0 aromatic heterocycles. The number of likely N-dealkylation sites (tertiary alicyclic amines) is 1. The Labute approximate surface area is 122 Å². The zero-order chi connectivity index (χ0) is 16.4. The van der Waals surface area contributed by atoms with Crippen LogP contribution in [0.2, 0.25) is 0 Å². The van der Waals surface area contributed by atoms with E-state index in [9.17, 15) is 19.2 Å². The van der Waals surface area contributed by atoms with E-state index in [4.69, 9.17) is 15.9 Å². The number of amides is 3. The van der Waals surface area contributed by atoms with Crippen molar-refractivity contribution in [2.75, 3.05) is 13.1 Å². The number of hydrogen-bond donors (Lipinski definition) is 4. The fourth-order valence-electron chi connectivity index (χ4n) is 1.71. The summed E-state index contributed by atoms with van der Waals surface area (Å²) in [5, 5.41) is 18.9. The number of aliphatic carboxylic acids is 2. The second kappa shape index (κ2) is 9.56. The molecule has 1 fully saturated rings. The molecule has 0 aromatic rings. The van der Waals surface area contributed by atoms with Crippen molar-refractivity contribution in [2.45, 2.75) is 38.6 Å². The molecule has 9 nitrogen and oxygen atoms in total. The van der Waals surface area contributed by atoms with Gasteiger partial charge in [-0.2, -0.15) is 0 Å². The van der Waals surface area contributed by atoms with Crippen LogP contribution in [-0.4, -0.2) is 58.1 Å². The molecular formula is C12H21N3O6. The van der Waals surface area contributed by atoms with Gasteiger partial charge in [0, 0.05) is 26.4 Å². The van der Waals surface area contributed by atoms with Crippen molar-refractivity contribution >= 4 is 23.9 Å². The van der Waals surface area contributed by atoms with Gasteiger partial charge in [0.2, 0.25) is 5.91 Å². The number of carboxylic acids is 2. The Morgan fingerprint density at radius 2 is 1.71 bits per heavy atom. The number of nitrogens with two attached hydrogens (primary N) is 1. The van der Waals surface area contributed by atoms with Crippen LogP contribution in [0.15, 0.2) is 0 Å². The van der Waals surface area contributed by atoms with Gasteiger partial charge in [-0.3, -0.25) is 9.59 Å². The van der Waals surface area contributed by atoms with Crippen LogP contribution in [0.1, 0.15) is 32.6 Å². The van der Waals surface area contributed by atoms with E-state index in [1.54, 1.807) is 4.90 Å². The van der Waals surface area contributed by atoms with E-state index in [0.717, 1.165) is 25.9 Å². The zero-order valence-corrected chi connectivity index (χ0v) is 11.9. The largest absolute Gasteiger partial charge is 0.481 e. The van der Waals surface area contributed by atoms with Crippen LogP contribution in [0.3, 0.4) is 0 Å².